The van der Waals surface area contributed by atoms with Crippen molar-refractivity contribution < 1.29 is 17.9 Å². The summed E-state index contributed by atoms with van der Waals surface area (Å²) in [6.45, 7) is 4.37. The van der Waals surface area contributed by atoms with E-state index in [1.54, 1.807) is 13.0 Å². The molecule has 0 heterocycles. The molecule has 0 saturated heterocycles. The van der Waals surface area contributed by atoms with Crippen LogP contribution in [0.5, 0.6) is 5.75 Å². The maximum Gasteiger partial charge on any atom is 0.244 e. The van der Waals surface area contributed by atoms with Gasteiger partial charge in [0.1, 0.15) is 10.6 Å². The molecule has 0 fully saturated rings. The van der Waals surface area contributed by atoms with Gasteiger partial charge < -0.3 is 15.2 Å². The first-order valence-corrected chi connectivity index (χ1v) is 7.43. The standard InChI is InChI=1S/C12H20N2O4S/c1-4-18-9(2)8-14-19(15,16)12-7-10(13)5-6-11(12)17-3/h5-7,9,14H,4,8,13H2,1-3H3. The maximum absolute atomic E-state index is 12.2. The van der Waals surface area contributed by atoms with Crippen molar-refractivity contribution in [3.63, 3.8) is 0 Å². The normalized spacial score (nSPS) is 13.2. The Labute approximate surface area is 113 Å². The summed E-state index contributed by atoms with van der Waals surface area (Å²) in [6.07, 6.45) is -0.202. The highest BCUT2D eigenvalue weighted by Crippen LogP contribution is 2.25. The van der Waals surface area contributed by atoms with Crippen LogP contribution in [-0.2, 0) is 14.8 Å². The summed E-state index contributed by atoms with van der Waals surface area (Å²) in [5.74, 6) is 0.255. The molecule has 0 aromatic heterocycles. The fourth-order valence-corrected chi connectivity index (χ4v) is 2.87. The van der Waals surface area contributed by atoms with Gasteiger partial charge in [0, 0.05) is 18.8 Å². The highest BCUT2D eigenvalue weighted by atomic mass is 32.2. The molecular formula is C12H20N2O4S. The summed E-state index contributed by atoms with van der Waals surface area (Å²) in [6, 6.07) is 4.48. The van der Waals surface area contributed by atoms with Gasteiger partial charge in [-0.3, -0.25) is 0 Å². The van der Waals surface area contributed by atoms with E-state index >= 15 is 0 Å². The van der Waals surface area contributed by atoms with E-state index in [1.165, 1.54) is 19.2 Å². The maximum atomic E-state index is 12.2. The monoisotopic (exact) mass is 288 g/mol. The molecule has 1 unspecified atom stereocenters. The average Bonchev–Trinajstić information content (AvgIpc) is 2.37. The van der Waals surface area contributed by atoms with Crippen LogP contribution in [-0.4, -0.2) is 34.8 Å². The average molecular weight is 288 g/mol. The van der Waals surface area contributed by atoms with E-state index in [4.69, 9.17) is 15.2 Å². The summed E-state index contributed by atoms with van der Waals surface area (Å²) >= 11 is 0. The first-order chi connectivity index (χ1) is 8.90. The molecule has 0 spiro atoms. The van der Waals surface area contributed by atoms with E-state index in [1.807, 2.05) is 6.92 Å². The predicted octanol–water partition coefficient (Wildman–Crippen LogP) is 0.981. The van der Waals surface area contributed by atoms with Crippen molar-refractivity contribution in [1.82, 2.24) is 4.72 Å². The van der Waals surface area contributed by atoms with Crippen LogP contribution in [0.1, 0.15) is 13.8 Å². The van der Waals surface area contributed by atoms with Crippen LogP contribution in [0.3, 0.4) is 0 Å². The number of methoxy groups -OCH3 is 1. The highest BCUT2D eigenvalue weighted by molar-refractivity contribution is 7.89. The minimum absolute atomic E-state index is 0.0266. The number of anilines is 1. The van der Waals surface area contributed by atoms with Crippen molar-refractivity contribution in [3.8, 4) is 5.75 Å². The van der Waals surface area contributed by atoms with E-state index in [-0.39, 0.29) is 23.3 Å². The van der Waals surface area contributed by atoms with Crippen LogP contribution in [0, 0.1) is 0 Å². The Morgan fingerprint density at radius 2 is 2.11 bits per heavy atom. The van der Waals surface area contributed by atoms with Crippen molar-refractivity contribution in [2.45, 2.75) is 24.8 Å². The van der Waals surface area contributed by atoms with E-state index in [0.717, 1.165) is 0 Å². The number of hydrogen-bond acceptors (Lipinski definition) is 5. The molecule has 7 heteroatoms. The Balaban J connectivity index is 2.91. The molecule has 0 bridgehead atoms. The molecule has 3 N–H and O–H groups in total. The molecule has 0 radical (unpaired) electrons. The van der Waals surface area contributed by atoms with Crippen LogP contribution in [0.4, 0.5) is 5.69 Å². The van der Waals surface area contributed by atoms with Gasteiger partial charge in [0.25, 0.3) is 0 Å². The van der Waals surface area contributed by atoms with Gasteiger partial charge in [-0.2, -0.15) is 0 Å². The highest BCUT2D eigenvalue weighted by Gasteiger charge is 2.20. The molecule has 1 aromatic carbocycles. The third-order valence-electron chi connectivity index (χ3n) is 2.49. The van der Waals surface area contributed by atoms with Crippen molar-refractivity contribution in [2.75, 3.05) is 26.0 Å². The number of nitrogen functional groups attached to an aromatic ring is 1. The Bertz CT molecular complexity index is 516. The quantitative estimate of drug-likeness (QED) is 0.730. The minimum Gasteiger partial charge on any atom is -0.495 e. The van der Waals surface area contributed by atoms with Gasteiger partial charge >= 0.3 is 0 Å². The summed E-state index contributed by atoms with van der Waals surface area (Å²) in [7, 11) is -2.26. The Morgan fingerprint density at radius 1 is 1.42 bits per heavy atom. The Morgan fingerprint density at radius 3 is 2.68 bits per heavy atom. The second kappa shape index (κ2) is 6.74. The zero-order valence-corrected chi connectivity index (χ0v) is 12.2. The molecule has 0 aliphatic heterocycles. The molecule has 1 atom stereocenters. The zero-order valence-electron chi connectivity index (χ0n) is 11.3. The van der Waals surface area contributed by atoms with Crippen molar-refractivity contribution >= 4 is 15.7 Å². The van der Waals surface area contributed by atoms with Crippen molar-refractivity contribution in [2.24, 2.45) is 0 Å². The molecule has 108 valence electrons. The van der Waals surface area contributed by atoms with Crippen molar-refractivity contribution in [1.29, 1.82) is 0 Å². The molecule has 0 amide bonds. The number of nitrogens with two attached hydrogens (primary N) is 1. The molecule has 19 heavy (non-hydrogen) atoms. The number of nitrogens with one attached hydrogen (secondary N) is 1. The molecule has 0 saturated carbocycles. The van der Waals surface area contributed by atoms with E-state index < -0.39 is 10.0 Å². The number of ether oxygens (including phenoxy) is 2. The van der Waals surface area contributed by atoms with Gasteiger partial charge in [-0.1, -0.05) is 0 Å². The Kier molecular flexibility index (Phi) is 5.59. The van der Waals surface area contributed by atoms with E-state index in [2.05, 4.69) is 4.72 Å². The fourth-order valence-electron chi connectivity index (χ4n) is 1.55. The summed E-state index contributed by atoms with van der Waals surface area (Å²) in [5.41, 5.74) is 5.97. The molecule has 0 aliphatic carbocycles. The lowest BCUT2D eigenvalue weighted by molar-refractivity contribution is 0.0799. The predicted molar refractivity (Wildman–Crippen MR) is 73.7 cm³/mol. The topological polar surface area (TPSA) is 90.7 Å². The zero-order chi connectivity index (χ0) is 14.5. The smallest absolute Gasteiger partial charge is 0.244 e. The number of benzene rings is 1. The first kappa shape index (κ1) is 15.7. The molecule has 0 aliphatic rings. The van der Waals surface area contributed by atoms with Gasteiger partial charge in [-0.05, 0) is 32.0 Å². The fraction of sp³-hybridized carbons (Fsp3) is 0.500. The largest absolute Gasteiger partial charge is 0.495 e. The van der Waals surface area contributed by atoms with Gasteiger partial charge in [0.2, 0.25) is 10.0 Å². The van der Waals surface area contributed by atoms with Crippen LogP contribution >= 0.6 is 0 Å². The first-order valence-electron chi connectivity index (χ1n) is 5.95. The van der Waals surface area contributed by atoms with Crippen LogP contribution in [0.2, 0.25) is 0 Å². The van der Waals surface area contributed by atoms with Gasteiger partial charge in [-0.15, -0.1) is 0 Å². The number of rotatable bonds is 7. The second-order valence-electron chi connectivity index (χ2n) is 4.03. The SMILES string of the molecule is CCOC(C)CNS(=O)(=O)c1cc(N)ccc1OC. The lowest BCUT2D eigenvalue weighted by Gasteiger charge is -2.14. The minimum atomic E-state index is -3.67. The molecule has 1 rings (SSSR count). The third-order valence-corrected chi connectivity index (χ3v) is 3.93. The summed E-state index contributed by atoms with van der Waals surface area (Å²) in [5, 5.41) is 0. The molecular weight excluding hydrogens is 268 g/mol. The van der Waals surface area contributed by atoms with Gasteiger partial charge in [0.05, 0.1) is 13.2 Å². The van der Waals surface area contributed by atoms with Crippen LogP contribution in [0.15, 0.2) is 23.1 Å². The third kappa shape index (κ3) is 4.38. The van der Waals surface area contributed by atoms with E-state index in [0.29, 0.717) is 12.3 Å². The van der Waals surface area contributed by atoms with Gasteiger partial charge in [-0.25, -0.2) is 13.1 Å². The number of hydrogen-bond donors (Lipinski definition) is 2. The molecule has 6 nitrogen and oxygen atoms in total. The summed E-state index contributed by atoms with van der Waals surface area (Å²) < 4.78 is 37.1. The van der Waals surface area contributed by atoms with Crippen molar-refractivity contribution in [3.05, 3.63) is 18.2 Å². The lowest BCUT2D eigenvalue weighted by atomic mass is 10.3. The number of sulfonamides is 1. The van der Waals surface area contributed by atoms with Crippen LogP contribution in [0.25, 0.3) is 0 Å². The molecule has 1 aromatic rings. The van der Waals surface area contributed by atoms with Gasteiger partial charge in [0.15, 0.2) is 0 Å². The second-order valence-corrected chi connectivity index (χ2v) is 5.76. The van der Waals surface area contributed by atoms with E-state index in [9.17, 15) is 8.42 Å². The lowest BCUT2D eigenvalue weighted by Crippen LogP contribution is -2.32. The van der Waals surface area contributed by atoms with Crippen LogP contribution < -0.4 is 15.2 Å². The summed E-state index contributed by atoms with van der Waals surface area (Å²) in [4.78, 5) is 0.0266. The Hall–Kier alpha value is -1.31.